The quantitative estimate of drug-likeness (QED) is 0.236. The molecular formula is C36H40N4. The number of nitrogens with one attached hydrogen (secondary N) is 1. The topological polar surface area (TPSA) is 42.2 Å². The van der Waals surface area contributed by atoms with Gasteiger partial charge >= 0.3 is 0 Å². The summed E-state index contributed by atoms with van der Waals surface area (Å²) in [6.07, 6.45) is 14.4. The zero-order chi connectivity index (χ0) is 27.0. The minimum Gasteiger partial charge on any atom is -0.354 e. The molecule has 0 amide bonds. The first-order chi connectivity index (χ1) is 19.8. The van der Waals surface area contributed by atoms with Gasteiger partial charge in [0.25, 0.3) is 0 Å². The van der Waals surface area contributed by atoms with Gasteiger partial charge in [-0.1, -0.05) is 106 Å². The predicted molar refractivity (Wildman–Crippen MR) is 168 cm³/mol. The lowest BCUT2D eigenvalue weighted by molar-refractivity contribution is 0.462. The van der Waals surface area contributed by atoms with Crippen LogP contribution in [0.4, 0.5) is 11.4 Å². The summed E-state index contributed by atoms with van der Waals surface area (Å²) >= 11 is 0. The van der Waals surface area contributed by atoms with E-state index in [-0.39, 0.29) is 0 Å². The number of aromatic nitrogens is 2. The fourth-order valence-electron chi connectivity index (χ4n) is 6.05. The molecule has 1 heterocycles. The van der Waals surface area contributed by atoms with E-state index in [2.05, 4.69) is 107 Å². The van der Waals surface area contributed by atoms with Gasteiger partial charge in [-0.25, -0.2) is 4.98 Å². The Morgan fingerprint density at radius 1 is 0.650 bits per heavy atom. The average molecular weight is 529 g/mol. The van der Waals surface area contributed by atoms with Crippen molar-refractivity contribution in [2.75, 3.05) is 5.32 Å². The Bertz CT molecular complexity index is 1540. The fourth-order valence-corrected chi connectivity index (χ4v) is 6.05. The van der Waals surface area contributed by atoms with Crippen LogP contribution in [-0.2, 0) is 0 Å². The molecule has 0 unspecified atom stereocenters. The van der Waals surface area contributed by atoms with E-state index in [1.165, 1.54) is 57.8 Å². The maximum atomic E-state index is 5.50. The molecule has 40 heavy (non-hydrogen) atoms. The molecule has 0 aromatic heterocycles. The molecule has 4 heteroatoms. The highest BCUT2D eigenvalue weighted by molar-refractivity contribution is 5.84. The Morgan fingerprint density at radius 3 is 1.95 bits per heavy atom. The number of rotatable bonds is 4. The fraction of sp³-hybridized carbons (Fsp3) is 0.333. The van der Waals surface area contributed by atoms with Crippen LogP contribution in [0.15, 0.2) is 102 Å². The van der Waals surface area contributed by atoms with Crippen molar-refractivity contribution in [1.29, 1.82) is 0 Å². The second-order valence-corrected chi connectivity index (χ2v) is 11.2. The van der Waals surface area contributed by atoms with Gasteiger partial charge in [0.1, 0.15) is 0 Å². The molecular weight excluding hydrogens is 488 g/mol. The second-order valence-electron chi connectivity index (χ2n) is 11.2. The van der Waals surface area contributed by atoms with Gasteiger partial charge in [0.05, 0.1) is 39.5 Å². The van der Waals surface area contributed by atoms with E-state index < -0.39 is 0 Å². The second kappa shape index (κ2) is 13.0. The largest absolute Gasteiger partial charge is 0.354 e. The Balaban J connectivity index is 1.51. The molecule has 1 N–H and O–H groups in total. The molecule has 1 saturated carbocycles. The van der Waals surface area contributed by atoms with E-state index >= 15 is 0 Å². The number of fused-ring (bicyclic) bond motifs is 2. The number of benzene rings is 4. The van der Waals surface area contributed by atoms with Gasteiger partial charge in [-0.2, -0.15) is 0 Å². The van der Waals surface area contributed by atoms with Crippen molar-refractivity contribution in [2.45, 2.75) is 76.7 Å². The van der Waals surface area contributed by atoms with E-state index in [1.807, 2.05) is 0 Å². The zero-order valence-electron chi connectivity index (χ0n) is 23.4. The van der Waals surface area contributed by atoms with Crippen LogP contribution in [0.5, 0.6) is 0 Å². The normalized spacial score (nSPS) is 16.4. The molecule has 0 radical (unpaired) electrons. The average Bonchev–Trinajstić information content (AvgIpc) is 2.98. The van der Waals surface area contributed by atoms with E-state index in [9.17, 15) is 0 Å². The molecule has 6 rings (SSSR count). The van der Waals surface area contributed by atoms with Crippen molar-refractivity contribution >= 4 is 22.4 Å². The number of hydrogen-bond acceptors (Lipinski definition) is 3. The van der Waals surface area contributed by atoms with Gasteiger partial charge in [-0.05, 0) is 61.4 Å². The summed E-state index contributed by atoms with van der Waals surface area (Å²) in [5, 5.41) is 4.71. The number of anilines is 2. The van der Waals surface area contributed by atoms with E-state index in [0.29, 0.717) is 6.04 Å². The molecule has 3 aromatic carbocycles. The Labute approximate surface area is 238 Å². The highest BCUT2D eigenvalue weighted by Gasteiger charge is 2.17. The van der Waals surface area contributed by atoms with Crippen molar-refractivity contribution in [2.24, 2.45) is 4.99 Å². The number of hydrogen-bond donors (Lipinski definition) is 1. The number of para-hydroxylation sites is 4. The summed E-state index contributed by atoms with van der Waals surface area (Å²) < 4.78 is 2.34. The molecule has 0 bridgehead atoms. The third kappa shape index (κ3) is 6.28. The van der Waals surface area contributed by atoms with E-state index in [4.69, 9.17) is 9.98 Å². The third-order valence-electron chi connectivity index (χ3n) is 8.16. The number of nitrogens with zero attached hydrogens (tertiary/aromatic N) is 3. The molecule has 3 aliphatic rings. The van der Waals surface area contributed by atoms with Crippen LogP contribution in [0.3, 0.4) is 0 Å². The summed E-state index contributed by atoms with van der Waals surface area (Å²) in [6.45, 7) is 0. The summed E-state index contributed by atoms with van der Waals surface area (Å²) in [7, 11) is 0. The van der Waals surface area contributed by atoms with Crippen LogP contribution >= 0.6 is 0 Å². The predicted octanol–water partition coefficient (Wildman–Crippen LogP) is 9.45. The molecule has 4 nitrogen and oxygen atoms in total. The van der Waals surface area contributed by atoms with Crippen molar-refractivity contribution in [3.05, 3.63) is 102 Å². The van der Waals surface area contributed by atoms with E-state index in [1.54, 1.807) is 0 Å². The molecule has 204 valence electrons. The standard InChI is InChI=1S/C36H40N4/c1-2-4-6-10-18-29(19-11-7-5-3-1)38-33-27-36-34(26-32(33)37-28-20-12-8-13-21-28)39-31-24-16-17-25-35(31)40(36)30-22-14-9-15-23-30/h8-9,12-17,20-27,29,37H,1-7,10-11,18-19H2/b38-33-. The van der Waals surface area contributed by atoms with Crippen molar-refractivity contribution in [1.82, 2.24) is 9.55 Å². The van der Waals surface area contributed by atoms with E-state index in [0.717, 1.165) is 57.7 Å². The highest BCUT2D eigenvalue weighted by Crippen LogP contribution is 2.30. The zero-order valence-corrected chi connectivity index (χ0v) is 23.4. The van der Waals surface area contributed by atoms with Gasteiger partial charge < -0.3 is 9.88 Å². The third-order valence-corrected chi connectivity index (χ3v) is 8.16. The van der Waals surface area contributed by atoms with Crippen molar-refractivity contribution in [3.63, 3.8) is 0 Å². The lowest BCUT2D eigenvalue weighted by atomic mass is 9.98. The van der Waals surface area contributed by atoms with Gasteiger partial charge in [0.15, 0.2) is 0 Å². The molecule has 0 atom stereocenters. The Hall–Kier alpha value is -3.92. The first-order valence-electron chi connectivity index (χ1n) is 15.2. The summed E-state index contributed by atoms with van der Waals surface area (Å²) in [5.41, 5.74) is 7.33. The van der Waals surface area contributed by atoms with Gasteiger partial charge in [-0.3, -0.25) is 4.99 Å². The molecule has 0 spiro atoms. The molecule has 1 fully saturated rings. The van der Waals surface area contributed by atoms with Crippen LogP contribution in [0.2, 0.25) is 0 Å². The monoisotopic (exact) mass is 528 g/mol. The minimum absolute atomic E-state index is 0.340. The molecule has 1 aliphatic heterocycles. The van der Waals surface area contributed by atoms with Crippen molar-refractivity contribution in [3.8, 4) is 17.1 Å². The smallest absolute Gasteiger partial charge is 0.0900 e. The highest BCUT2D eigenvalue weighted by atomic mass is 15.0. The van der Waals surface area contributed by atoms with Crippen LogP contribution in [0, 0.1) is 0 Å². The summed E-state index contributed by atoms with van der Waals surface area (Å²) in [4.78, 5) is 10.6. The SMILES string of the molecule is c1ccc(Nc2cc3nc4ccccc4n(-c4ccccc4)c-3c/c2=N/C2CCCCCCCCCCC2)cc1. The van der Waals surface area contributed by atoms with Gasteiger partial charge in [0.2, 0.25) is 0 Å². The van der Waals surface area contributed by atoms with Gasteiger partial charge in [0, 0.05) is 11.4 Å². The molecule has 0 saturated heterocycles. The molecule has 2 aliphatic carbocycles. The Kier molecular flexibility index (Phi) is 8.52. The van der Waals surface area contributed by atoms with Crippen LogP contribution in [-0.4, -0.2) is 15.6 Å². The first-order valence-corrected chi connectivity index (χ1v) is 15.2. The van der Waals surface area contributed by atoms with Crippen LogP contribution in [0.25, 0.3) is 28.1 Å². The molecule has 3 aromatic rings. The maximum absolute atomic E-state index is 5.50. The van der Waals surface area contributed by atoms with Crippen LogP contribution < -0.4 is 10.7 Å². The van der Waals surface area contributed by atoms with Crippen LogP contribution in [0.1, 0.15) is 70.6 Å². The summed E-state index contributed by atoms with van der Waals surface area (Å²) in [6, 6.07) is 34.3. The minimum atomic E-state index is 0.340. The summed E-state index contributed by atoms with van der Waals surface area (Å²) in [5.74, 6) is 0. The maximum Gasteiger partial charge on any atom is 0.0900 e. The Morgan fingerprint density at radius 2 is 1.25 bits per heavy atom. The lowest BCUT2D eigenvalue weighted by Gasteiger charge is -2.21. The lowest BCUT2D eigenvalue weighted by Crippen LogP contribution is -2.18. The first kappa shape index (κ1) is 26.3. The van der Waals surface area contributed by atoms with Gasteiger partial charge in [-0.15, -0.1) is 0 Å². The van der Waals surface area contributed by atoms with Crippen molar-refractivity contribution < 1.29 is 0 Å².